The highest BCUT2D eigenvalue weighted by atomic mass is 16.5. The number of hydrogen-bond acceptors (Lipinski definition) is 3. The lowest BCUT2D eigenvalue weighted by Gasteiger charge is -2.03. The van der Waals surface area contributed by atoms with Crippen LogP contribution in [0, 0.1) is 0 Å². The number of benzene rings is 1. The maximum atomic E-state index is 6.01. The number of nitrogen functional groups attached to an aromatic ring is 1. The Hall–Kier alpha value is -2.43. The number of nitrogens with zero attached hydrogens (tertiary/aromatic N) is 3. The first kappa shape index (κ1) is 11.6. The molecule has 3 aromatic rings. The van der Waals surface area contributed by atoms with Gasteiger partial charge in [0.25, 0.3) is 0 Å². The Bertz CT molecular complexity index is 735. The Labute approximate surface area is 111 Å². The van der Waals surface area contributed by atoms with E-state index in [1.165, 1.54) is 0 Å². The van der Waals surface area contributed by atoms with Gasteiger partial charge in [0.1, 0.15) is 5.75 Å². The molecule has 0 bridgehead atoms. The molecule has 1 aromatic carbocycles. The van der Waals surface area contributed by atoms with E-state index in [1.807, 2.05) is 26.2 Å². The molecule has 0 saturated carbocycles. The van der Waals surface area contributed by atoms with Gasteiger partial charge < -0.3 is 15.0 Å². The first-order valence-corrected chi connectivity index (χ1v) is 6.02. The molecule has 2 heterocycles. The highest BCUT2D eigenvalue weighted by Crippen LogP contribution is 2.34. The van der Waals surface area contributed by atoms with Crippen molar-refractivity contribution in [2.75, 3.05) is 12.8 Å². The first-order chi connectivity index (χ1) is 9.11. The minimum Gasteiger partial charge on any atom is -0.497 e. The molecule has 0 fully saturated rings. The van der Waals surface area contributed by atoms with Crippen LogP contribution in [0.1, 0.15) is 0 Å². The van der Waals surface area contributed by atoms with Crippen LogP contribution in [0.4, 0.5) is 5.69 Å². The van der Waals surface area contributed by atoms with E-state index in [4.69, 9.17) is 10.5 Å². The molecule has 2 aromatic heterocycles. The van der Waals surface area contributed by atoms with Crippen LogP contribution in [0.3, 0.4) is 0 Å². The van der Waals surface area contributed by atoms with Gasteiger partial charge in [-0.15, -0.1) is 0 Å². The van der Waals surface area contributed by atoms with Crippen LogP contribution in [0.25, 0.3) is 22.2 Å². The quantitative estimate of drug-likeness (QED) is 0.764. The summed E-state index contributed by atoms with van der Waals surface area (Å²) in [5.74, 6) is 0.846. The van der Waals surface area contributed by atoms with Gasteiger partial charge in [-0.3, -0.25) is 4.68 Å². The zero-order valence-electron chi connectivity index (χ0n) is 11.2. The lowest BCUT2D eigenvalue weighted by Crippen LogP contribution is -1.95. The number of aromatic nitrogens is 3. The van der Waals surface area contributed by atoms with Crippen LogP contribution < -0.4 is 10.5 Å². The molecule has 98 valence electrons. The fourth-order valence-electron chi connectivity index (χ4n) is 2.46. The monoisotopic (exact) mass is 256 g/mol. The van der Waals surface area contributed by atoms with Crippen LogP contribution in [0.15, 0.2) is 30.6 Å². The summed E-state index contributed by atoms with van der Waals surface area (Å²) in [6.45, 7) is 0. The Kier molecular flexibility index (Phi) is 2.48. The molecule has 0 amide bonds. The highest BCUT2D eigenvalue weighted by Gasteiger charge is 2.15. The van der Waals surface area contributed by atoms with Crippen LogP contribution in [-0.2, 0) is 14.1 Å². The smallest absolute Gasteiger partial charge is 0.120 e. The van der Waals surface area contributed by atoms with E-state index in [-0.39, 0.29) is 0 Å². The third-order valence-electron chi connectivity index (χ3n) is 3.42. The number of rotatable bonds is 2. The third-order valence-corrected chi connectivity index (χ3v) is 3.42. The van der Waals surface area contributed by atoms with Gasteiger partial charge in [-0.1, -0.05) is 0 Å². The molecule has 0 aliphatic carbocycles. The summed E-state index contributed by atoms with van der Waals surface area (Å²) >= 11 is 0. The second-order valence-corrected chi connectivity index (χ2v) is 4.61. The molecule has 0 saturated heterocycles. The summed E-state index contributed by atoms with van der Waals surface area (Å²) in [7, 11) is 5.58. The average molecular weight is 256 g/mol. The van der Waals surface area contributed by atoms with E-state index in [0.717, 1.165) is 27.9 Å². The number of fused-ring (bicyclic) bond motifs is 1. The molecule has 3 rings (SSSR count). The molecule has 0 atom stereocenters. The van der Waals surface area contributed by atoms with Crippen molar-refractivity contribution in [3.8, 4) is 17.0 Å². The summed E-state index contributed by atoms with van der Waals surface area (Å²) in [5.41, 5.74) is 9.83. The molecular weight excluding hydrogens is 240 g/mol. The largest absolute Gasteiger partial charge is 0.497 e. The van der Waals surface area contributed by atoms with E-state index in [1.54, 1.807) is 18.0 Å². The van der Waals surface area contributed by atoms with Gasteiger partial charge in [-0.2, -0.15) is 5.10 Å². The molecule has 2 N–H and O–H groups in total. The molecule has 0 aliphatic rings. The van der Waals surface area contributed by atoms with Crippen LogP contribution in [0.2, 0.25) is 0 Å². The van der Waals surface area contributed by atoms with Gasteiger partial charge in [0.2, 0.25) is 0 Å². The Morgan fingerprint density at radius 1 is 1.26 bits per heavy atom. The summed E-state index contributed by atoms with van der Waals surface area (Å²) < 4.78 is 9.14. The van der Waals surface area contributed by atoms with Crippen molar-refractivity contribution in [1.29, 1.82) is 0 Å². The molecule has 0 aliphatic heterocycles. The molecule has 5 heteroatoms. The van der Waals surface area contributed by atoms with E-state index in [0.29, 0.717) is 5.69 Å². The Balaban J connectivity index is 2.32. The fraction of sp³-hybridized carbons (Fsp3) is 0.214. The number of ether oxygens (including phenoxy) is 1. The Morgan fingerprint density at radius 3 is 2.68 bits per heavy atom. The summed E-state index contributed by atoms with van der Waals surface area (Å²) in [6.07, 6.45) is 3.75. The molecule has 0 unspecified atom stereocenters. The fourth-order valence-corrected chi connectivity index (χ4v) is 2.46. The van der Waals surface area contributed by atoms with E-state index < -0.39 is 0 Å². The first-order valence-electron chi connectivity index (χ1n) is 6.02. The normalized spacial score (nSPS) is 11.1. The molecular formula is C14H16N4O. The molecule has 19 heavy (non-hydrogen) atoms. The molecule has 0 spiro atoms. The van der Waals surface area contributed by atoms with Crippen molar-refractivity contribution < 1.29 is 4.74 Å². The predicted octanol–water partition coefficient (Wildman–Crippen LogP) is 2.17. The van der Waals surface area contributed by atoms with Crippen molar-refractivity contribution in [3.63, 3.8) is 0 Å². The molecule has 0 radical (unpaired) electrons. The van der Waals surface area contributed by atoms with Crippen molar-refractivity contribution in [2.45, 2.75) is 0 Å². The number of nitrogens with two attached hydrogens (primary N) is 1. The average Bonchev–Trinajstić information content (AvgIpc) is 2.90. The second-order valence-electron chi connectivity index (χ2n) is 4.61. The number of aryl methyl sites for hydroxylation is 2. The zero-order valence-corrected chi connectivity index (χ0v) is 11.2. The lowest BCUT2D eigenvalue weighted by molar-refractivity contribution is 0.415. The van der Waals surface area contributed by atoms with Gasteiger partial charge in [-0.25, -0.2) is 0 Å². The zero-order chi connectivity index (χ0) is 13.6. The van der Waals surface area contributed by atoms with Crippen LogP contribution in [0.5, 0.6) is 5.75 Å². The summed E-state index contributed by atoms with van der Waals surface area (Å²) in [4.78, 5) is 0. The van der Waals surface area contributed by atoms with Crippen molar-refractivity contribution >= 4 is 16.6 Å². The maximum Gasteiger partial charge on any atom is 0.120 e. The number of anilines is 1. The topological polar surface area (TPSA) is 58.0 Å². The van der Waals surface area contributed by atoms with Gasteiger partial charge >= 0.3 is 0 Å². The van der Waals surface area contributed by atoms with Gasteiger partial charge in [-0.05, 0) is 12.1 Å². The van der Waals surface area contributed by atoms with Crippen molar-refractivity contribution in [3.05, 3.63) is 30.6 Å². The van der Waals surface area contributed by atoms with E-state index in [2.05, 4.69) is 21.9 Å². The van der Waals surface area contributed by atoms with Crippen molar-refractivity contribution in [2.24, 2.45) is 14.1 Å². The highest BCUT2D eigenvalue weighted by molar-refractivity contribution is 5.98. The van der Waals surface area contributed by atoms with Gasteiger partial charge in [0, 0.05) is 37.3 Å². The predicted molar refractivity (Wildman–Crippen MR) is 76.1 cm³/mol. The van der Waals surface area contributed by atoms with Crippen molar-refractivity contribution in [1.82, 2.24) is 14.3 Å². The standard InChI is InChI=1S/C14H16N4O/c1-17-8-11(14-12(15)7-16-18(14)2)10-5-4-9(19-3)6-13(10)17/h4-8H,15H2,1-3H3. The van der Waals surface area contributed by atoms with Crippen LogP contribution in [-0.4, -0.2) is 21.5 Å². The second kappa shape index (κ2) is 4.05. The lowest BCUT2D eigenvalue weighted by atomic mass is 10.1. The van der Waals surface area contributed by atoms with E-state index >= 15 is 0 Å². The number of methoxy groups -OCH3 is 1. The van der Waals surface area contributed by atoms with Crippen LogP contribution >= 0.6 is 0 Å². The van der Waals surface area contributed by atoms with Gasteiger partial charge in [0.05, 0.1) is 30.2 Å². The minimum absolute atomic E-state index is 0.686. The molecule has 5 nitrogen and oxygen atoms in total. The number of hydrogen-bond donors (Lipinski definition) is 1. The van der Waals surface area contributed by atoms with E-state index in [9.17, 15) is 0 Å². The maximum absolute atomic E-state index is 6.01. The Morgan fingerprint density at radius 2 is 2.05 bits per heavy atom. The third kappa shape index (κ3) is 1.66. The summed E-state index contributed by atoms with van der Waals surface area (Å²) in [5, 5.41) is 5.34. The minimum atomic E-state index is 0.686. The summed E-state index contributed by atoms with van der Waals surface area (Å²) in [6, 6.07) is 6.03. The SMILES string of the molecule is COc1ccc2c(-c3c(N)cnn3C)cn(C)c2c1. The van der Waals surface area contributed by atoms with Gasteiger partial charge in [0.15, 0.2) is 0 Å².